The maximum Gasteiger partial charge on any atom is 0.326 e. The van der Waals surface area contributed by atoms with Crippen molar-refractivity contribution in [2.75, 3.05) is 57.4 Å². The Balaban J connectivity index is 2.37. The molecule has 0 radical (unpaired) electrons. The lowest BCUT2D eigenvalue weighted by Crippen LogP contribution is -2.61. The lowest BCUT2D eigenvalue weighted by Gasteiger charge is -2.28. The molecular weight excluding hydrogens is 1570 g/mol. The van der Waals surface area contributed by atoms with E-state index in [-0.39, 0.29) is 83.8 Å². The van der Waals surface area contributed by atoms with Crippen molar-refractivity contribution >= 4 is 134 Å². The summed E-state index contributed by atoms with van der Waals surface area (Å²) in [5, 5.41) is 105. The zero-order valence-electron chi connectivity index (χ0n) is 65.5. The minimum Gasteiger partial charge on any atom is -0.481 e. The molecule has 46 heteroatoms. The topological polar surface area (TPSA) is 734 Å². The number of hydrogen-bond donors (Lipinski definition) is 28. The minimum absolute atomic E-state index is 0.00695. The number of carboxylic acid groups (broad SMARTS) is 2. The number of hydrogen-bond acceptors (Lipinski definition) is 24. The smallest absolute Gasteiger partial charge is 0.326 e. The Labute approximate surface area is 682 Å². The molecule has 1 aliphatic heterocycles. The van der Waals surface area contributed by atoms with Crippen LogP contribution in [0, 0.1) is 28.1 Å². The van der Waals surface area contributed by atoms with Gasteiger partial charge < -0.3 is 134 Å². The molecule has 1 fully saturated rings. The van der Waals surface area contributed by atoms with Gasteiger partial charge in [0.25, 0.3) is 0 Å². The number of aliphatic hydroxyl groups is 2. The Morgan fingerprint density at radius 3 is 1.49 bits per heavy atom. The molecule has 2 aromatic carbocycles. The van der Waals surface area contributed by atoms with Crippen LogP contribution in [0.15, 0.2) is 60.7 Å². The van der Waals surface area contributed by atoms with Gasteiger partial charge in [0.05, 0.1) is 32.7 Å². The number of carboxylic acids is 2. The normalized spacial score (nSPS) is 21.4. The summed E-state index contributed by atoms with van der Waals surface area (Å²) in [5.41, 5.74) is 23.0. The summed E-state index contributed by atoms with van der Waals surface area (Å²) in [7, 11) is 1.47. The van der Waals surface area contributed by atoms with Crippen LogP contribution in [0.1, 0.15) is 104 Å². The van der Waals surface area contributed by atoms with Crippen LogP contribution < -0.4 is 113 Å². The fourth-order valence-corrected chi connectivity index (χ4v) is 13.4. The zero-order chi connectivity index (χ0) is 87.4. The number of carbonyl (C=O) groups excluding carboxylic acids is 14. The van der Waals surface area contributed by atoms with Crippen LogP contribution in [-0.4, -0.2) is 269 Å². The molecule has 4 unspecified atom stereocenters. The van der Waals surface area contributed by atoms with Crippen molar-refractivity contribution in [3.8, 4) is 0 Å². The van der Waals surface area contributed by atoms with Crippen molar-refractivity contribution in [2.24, 2.45) is 34.8 Å². The molecule has 1 heterocycles. The molecule has 0 spiro atoms. The summed E-state index contributed by atoms with van der Waals surface area (Å²) in [6.45, 7) is 4.08. The summed E-state index contributed by atoms with van der Waals surface area (Å²) in [5.74, 6) is -21.6. The van der Waals surface area contributed by atoms with Gasteiger partial charge in [-0.1, -0.05) is 110 Å². The summed E-state index contributed by atoms with van der Waals surface area (Å²) in [4.78, 5) is 225. The summed E-state index contributed by atoms with van der Waals surface area (Å²) < 4.78 is 0. The Morgan fingerprint density at radius 2 is 0.966 bits per heavy atom. The third-order valence-corrected chi connectivity index (χ3v) is 19.6. The molecule has 13 atom stereocenters. The average Bonchev–Trinajstić information content (AvgIpc) is 1.50. The summed E-state index contributed by atoms with van der Waals surface area (Å²) in [6.07, 6.45) is -2.78. The molecule has 0 aromatic heterocycles. The largest absolute Gasteiger partial charge is 0.481 e. The Bertz CT molecular complexity index is 3740. The van der Waals surface area contributed by atoms with Crippen LogP contribution in [0.3, 0.4) is 0 Å². The van der Waals surface area contributed by atoms with Gasteiger partial charge in [0.15, 0.2) is 17.9 Å². The number of rotatable bonds is 33. The van der Waals surface area contributed by atoms with Gasteiger partial charge >= 0.3 is 11.9 Å². The number of nitrogens with two attached hydrogens (primary N) is 4. The maximum atomic E-state index is 15.1. The van der Waals surface area contributed by atoms with Crippen molar-refractivity contribution < 1.29 is 97.1 Å². The Hall–Kier alpha value is -11.7. The van der Waals surface area contributed by atoms with Crippen LogP contribution in [0.5, 0.6) is 0 Å². The predicted molar refractivity (Wildman–Crippen MR) is 428 cm³/mol. The predicted octanol–water partition coefficient (Wildman–Crippen LogP) is -8.31. The molecule has 0 bridgehead atoms. The van der Waals surface area contributed by atoms with Gasteiger partial charge in [0.1, 0.15) is 78.5 Å². The zero-order valence-corrected chi connectivity index (χ0v) is 67.2. The fourth-order valence-electron chi connectivity index (χ4n) is 11.1. The molecule has 3 rings (SSSR count). The van der Waals surface area contributed by atoms with Crippen LogP contribution in [0.25, 0.3) is 0 Å². The van der Waals surface area contributed by atoms with Gasteiger partial charge in [-0.3, -0.25) is 88.1 Å². The molecule has 1 aliphatic rings. The third kappa shape index (κ3) is 39.5. The number of aliphatic carboxylic acids is 2. The van der Waals surface area contributed by atoms with E-state index in [1.807, 2.05) is 0 Å². The molecule has 14 amide bonds. The van der Waals surface area contributed by atoms with Gasteiger partial charge in [-0.25, -0.2) is 4.79 Å². The molecule has 1 saturated heterocycles. The van der Waals surface area contributed by atoms with Gasteiger partial charge in [-0.15, -0.1) is 0 Å². The van der Waals surface area contributed by atoms with E-state index in [2.05, 4.69) is 90.4 Å². The van der Waals surface area contributed by atoms with E-state index in [1.165, 1.54) is 6.92 Å². The van der Waals surface area contributed by atoms with Gasteiger partial charge in [-0.05, 0) is 81.3 Å². The van der Waals surface area contributed by atoms with E-state index in [0.29, 0.717) is 11.1 Å². The standard InChI is InChI=1S/C71H112N24O20S2/c1-36(2)25-45-61(107)92-49(29-55(100)101)64(110)86-43(20-13-23-80-70(75)76)60(106)90-46(26-37(3)4)62(108)94-52(67(113)91-48(28-40-17-10-7-11-18-40)63(109)87-44(68(114)115)21-14-24-81-71(77)78)35-117-116-34-51(95-65(111)50(33-97)93-57(103)41(72)32-96)66(112)84-38(5)56(102)88-47(27-39-15-8-6-9-16-39)58(104)83-30-53(98)82-31-54(99)85-42(59(105)89-45)19-12-22-79-69(73)74/h6-11,15-18,36-38,41-52,96-97H,12-14,19-35,72H2,1-5H3,(H,82,98)(H,83,104)(H,84,112)(H,85,99)(H,86,110)(H,87,109)(H,88,102)(H,89,105)(H,90,106)(H,91,113)(H,92,107)(H,93,103)(H,94,108)(H,95,111)(H,100,101)(H,114,115)(H4,73,74,79)(H4,75,76,80)(H4,77,78,81)/t38-,41+,42+,43?,44+,45?,46?,47+,48+,49+,50+,51+,52?/m1/s1. The van der Waals surface area contributed by atoms with E-state index >= 15 is 9.59 Å². The molecule has 117 heavy (non-hydrogen) atoms. The average molecular weight is 1690 g/mol. The first-order valence-corrected chi connectivity index (χ1v) is 40.0. The monoisotopic (exact) mass is 1680 g/mol. The highest BCUT2D eigenvalue weighted by Gasteiger charge is 2.38. The summed E-state index contributed by atoms with van der Waals surface area (Å²) in [6, 6.07) is -5.61. The highest BCUT2D eigenvalue weighted by Crippen LogP contribution is 2.24. The lowest BCUT2D eigenvalue weighted by molar-refractivity contribution is -0.142. The molecule has 44 nitrogen and oxygen atoms in total. The first kappa shape index (κ1) is 99.5. The fraction of sp³-hybridized carbons (Fsp3) is 0.563. The van der Waals surface area contributed by atoms with Crippen LogP contribution in [0.4, 0.5) is 0 Å². The molecule has 32 N–H and O–H groups in total. The van der Waals surface area contributed by atoms with E-state index < -0.39 is 247 Å². The highest BCUT2D eigenvalue weighted by atomic mass is 33.1. The maximum absolute atomic E-state index is 15.1. The Kier molecular flexibility index (Phi) is 44.9. The van der Waals surface area contributed by atoms with Crippen molar-refractivity contribution in [1.29, 1.82) is 16.2 Å². The van der Waals surface area contributed by atoms with Crippen molar-refractivity contribution in [1.82, 2.24) is 90.4 Å². The van der Waals surface area contributed by atoms with Gasteiger partial charge in [-0.2, -0.15) is 0 Å². The minimum atomic E-state index is -2.02. The van der Waals surface area contributed by atoms with Crippen molar-refractivity contribution in [3.63, 3.8) is 0 Å². The second kappa shape index (κ2) is 52.8. The first-order chi connectivity index (χ1) is 55.3. The number of aliphatic hydroxyl groups excluding tert-OH is 2. The van der Waals surface area contributed by atoms with Gasteiger partial charge in [0, 0.05) is 44.0 Å². The SMILES string of the molecule is CC(C)CC1NC(=O)C(CCCNC(=N)N)NC(=O)[C@H](CC(=O)O)NC(=O)C(CC(C)C)NC(=O)[C@H](CCCNC(=N)N)NC(=O)CNC(=O)CNC(=O)[C@H](Cc2ccccc2)NC(=O)[C@@H](C)NC(=O)[C@@H](NC(=O)[C@H](CO)NC(=O)[C@@H](N)CO)CSSCC(C(=O)N[C@@H](Cc2ccccc2)C(=O)N[C@@H](CCCNC(=N)N)C(=O)O)NC1=O. The van der Waals surface area contributed by atoms with Crippen molar-refractivity contribution in [3.05, 3.63) is 71.8 Å². The molecule has 2 aromatic rings. The molecule has 0 saturated carbocycles. The first-order valence-electron chi connectivity index (χ1n) is 37.5. The molecular formula is C71H112N24O20S2. The molecule has 648 valence electrons. The van der Waals surface area contributed by atoms with E-state index in [4.69, 9.17) is 39.2 Å². The highest BCUT2D eigenvalue weighted by molar-refractivity contribution is 8.76. The second-order valence-corrected chi connectivity index (χ2v) is 30.6. The second-order valence-electron chi connectivity index (χ2n) is 28.0. The third-order valence-electron chi connectivity index (χ3n) is 17.2. The Morgan fingerprint density at radius 1 is 0.496 bits per heavy atom. The van der Waals surface area contributed by atoms with Crippen LogP contribution in [-0.2, 0) is 89.6 Å². The lowest BCUT2D eigenvalue weighted by atomic mass is 10.0. The van der Waals surface area contributed by atoms with Crippen LogP contribution in [0.2, 0.25) is 0 Å². The van der Waals surface area contributed by atoms with E-state index in [0.717, 1.165) is 21.6 Å². The number of guanidine groups is 3. The van der Waals surface area contributed by atoms with Gasteiger partial charge in [0.2, 0.25) is 82.7 Å². The number of carbonyl (C=O) groups is 16. The quantitative estimate of drug-likeness (QED) is 0.0137. The van der Waals surface area contributed by atoms with Crippen molar-refractivity contribution in [2.45, 2.75) is 184 Å². The number of amides is 14. The number of benzene rings is 2. The van der Waals surface area contributed by atoms with E-state index in [9.17, 15) is 87.5 Å². The van der Waals surface area contributed by atoms with Crippen LogP contribution >= 0.6 is 21.6 Å². The number of nitrogens with one attached hydrogen (secondary N) is 20. The summed E-state index contributed by atoms with van der Waals surface area (Å²) >= 11 is 0. The van der Waals surface area contributed by atoms with E-state index in [1.54, 1.807) is 88.4 Å². The molecule has 0 aliphatic carbocycles.